The Bertz CT molecular complexity index is 1110. The molecule has 2 aromatic rings. The van der Waals surface area contributed by atoms with Gasteiger partial charge in [-0.2, -0.15) is 0 Å². The Morgan fingerprint density at radius 2 is 1.74 bits per heavy atom. The SMILES string of the molecule is CCOc1ccc(C(O)=C2C(=O)C(=O)N(CCCN(C)C)[C@@H]2c2ccc(C(C)(C)C)cc2)cc1C. The molecule has 0 saturated carbocycles. The number of carbonyl (C=O) groups excluding carboxylic acids is 2. The standard InChI is InChI=1S/C29H38N2O4/c1-8-35-23-15-12-21(18-19(23)2)26(32)24-25(20-10-13-22(14-11-20)29(3,4)5)31(28(34)27(24)33)17-9-16-30(6)7/h10-15,18,25,32H,8-9,16-17H2,1-7H3/t25-/m1/s1. The molecule has 0 aliphatic carbocycles. The Morgan fingerprint density at radius 3 is 2.29 bits per heavy atom. The van der Waals surface area contributed by atoms with Crippen LogP contribution in [0.3, 0.4) is 0 Å². The third-order valence-electron chi connectivity index (χ3n) is 6.38. The maximum absolute atomic E-state index is 13.2. The lowest BCUT2D eigenvalue weighted by Crippen LogP contribution is -2.32. The average molecular weight is 479 g/mol. The topological polar surface area (TPSA) is 70.1 Å². The summed E-state index contributed by atoms with van der Waals surface area (Å²) >= 11 is 0. The van der Waals surface area contributed by atoms with Crippen LogP contribution in [0.4, 0.5) is 0 Å². The zero-order valence-electron chi connectivity index (χ0n) is 22.0. The van der Waals surface area contributed by atoms with Gasteiger partial charge in [-0.15, -0.1) is 0 Å². The van der Waals surface area contributed by atoms with Crippen LogP contribution in [0.15, 0.2) is 48.0 Å². The molecule has 0 spiro atoms. The summed E-state index contributed by atoms with van der Waals surface area (Å²) in [4.78, 5) is 30.0. The van der Waals surface area contributed by atoms with Crippen molar-refractivity contribution >= 4 is 17.4 Å². The predicted octanol–water partition coefficient (Wildman–Crippen LogP) is 5.06. The Kier molecular flexibility index (Phi) is 8.06. The molecule has 1 atom stereocenters. The molecule has 1 heterocycles. The van der Waals surface area contributed by atoms with E-state index in [0.717, 1.165) is 35.4 Å². The third-order valence-corrected chi connectivity index (χ3v) is 6.38. The second kappa shape index (κ2) is 10.6. The van der Waals surface area contributed by atoms with Gasteiger partial charge in [0.15, 0.2) is 0 Å². The molecule has 2 aromatic carbocycles. The Hall–Kier alpha value is -3.12. The molecule has 1 fully saturated rings. The summed E-state index contributed by atoms with van der Waals surface area (Å²) in [5.41, 5.74) is 3.42. The Labute approximate surface area is 209 Å². The molecule has 6 nitrogen and oxygen atoms in total. The molecule has 0 unspecified atom stereocenters. The number of aryl methyl sites for hydroxylation is 1. The first-order chi connectivity index (χ1) is 16.5. The molecule has 6 heteroatoms. The van der Waals surface area contributed by atoms with Crippen LogP contribution in [0, 0.1) is 6.92 Å². The van der Waals surface area contributed by atoms with Gasteiger partial charge in [-0.05, 0) is 81.2 Å². The number of hydrogen-bond donors (Lipinski definition) is 1. The number of likely N-dealkylation sites (tertiary alicyclic amines) is 1. The summed E-state index contributed by atoms with van der Waals surface area (Å²) in [5.74, 6) is -0.654. The average Bonchev–Trinajstić information content (AvgIpc) is 3.04. The highest BCUT2D eigenvalue weighted by molar-refractivity contribution is 6.46. The van der Waals surface area contributed by atoms with E-state index in [0.29, 0.717) is 18.7 Å². The lowest BCUT2D eigenvalue weighted by Gasteiger charge is -2.27. The summed E-state index contributed by atoms with van der Waals surface area (Å²) in [6.45, 7) is 12.0. The normalized spacial score (nSPS) is 17.9. The first-order valence-corrected chi connectivity index (χ1v) is 12.2. The van der Waals surface area contributed by atoms with Crippen molar-refractivity contribution in [1.29, 1.82) is 0 Å². The molecule has 1 amide bonds. The van der Waals surface area contributed by atoms with E-state index in [-0.39, 0.29) is 16.7 Å². The first-order valence-electron chi connectivity index (χ1n) is 12.2. The quantitative estimate of drug-likeness (QED) is 0.326. The fourth-order valence-electron chi connectivity index (χ4n) is 4.45. The van der Waals surface area contributed by atoms with E-state index in [1.807, 2.05) is 57.1 Å². The van der Waals surface area contributed by atoms with Gasteiger partial charge in [-0.1, -0.05) is 45.0 Å². The monoisotopic (exact) mass is 478 g/mol. The number of benzene rings is 2. The molecule has 0 radical (unpaired) electrons. The zero-order chi connectivity index (χ0) is 25.9. The van der Waals surface area contributed by atoms with Crippen LogP contribution in [0.1, 0.15) is 62.4 Å². The number of Topliss-reactive ketones (excluding diaryl/α,β-unsaturated/α-hetero) is 1. The van der Waals surface area contributed by atoms with E-state index in [1.54, 1.807) is 23.1 Å². The number of ketones is 1. The summed E-state index contributed by atoms with van der Waals surface area (Å²) in [6, 6.07) is 12.7. The van der Waals surface area contributed by atoms with Gasteiger partial charge in [0.05, 0.1) is 18.2 Å². The molecule has 1 aliphatic rings. The van der Waals surface area contributed by atoms with E-state index in [1.165, 1.54) is 0 Å². The smallest absolute Gasteiger partial charge is 0.295 e. The van der Waals surface area contributed by atoms with Crippen LogP contribution in [0.5, 0.6) is 5.75 Å². The van der Waals surface area contributed by atoms with E-state index in [4.69, 9.17) is 4.74 Å². The van der Waals surface area contributed by atoms with Crippen molar-refractivity contribution in [3.63, 3.8) is 0 Å². The zero-order valence-corrected chi connectivity index (χ0v) is 22.0. The molecule has 0 bridgehead atoms. The van der Waals surface area contributed by atoms with E-state index >= 15 is 0 Å². The number of rotatable bonds is 8. The summed E-state index contributed by atoms with van der Waals surface area (Å²) in [7, 11) is 3.95. The third kappa shape index (κ3) is 5.76. The summed E-state index contributed by atoms with van der Waals surface area (Å²) in [6.07, 6.45) is 0.721. The minimum absolute atomic E-state index is 0.0219. The highest BCUT2D eigenvalue weighted by Gasteiger charge is 2.45. The van der Waals surface area contributed by atoms with Crippen LogP contribution in [-0.2, 0) is 15.0 Å². The molecule has 0 aromatic heterocycles. The van der Waals surface area contributed by atoms with Crippen molar-refractivity contribution < 1.29 is 19.4 Å². The number of amides is 1. The van der Waals surface area contributed by atoms with E-state index in [9.17, 15) is 14.7 Å². The van der Waals surface area contributed by atoms with Crippen LogP contribution in [0.2, 0.25) is 0 Å². The van der Waals surface area contributed by atoms with Crippen molar-refractivity contribution in [3.8, 4) is 5.75 Å². The van der Waals surface area contributed by atoms with Crippen molar-refractivity contribution in [3.05, 3.63) is 70.3 Å². The van der Waals surface area contributed by atoms with Gasteiger partial charge in [0.25, 0.3) is 11.7 Å². The molecular weight excluding hydrogens is 440 g/mol. The van der Waals surface area contributed by atoms with E-state index in [2.05, 4.69) is 20.8 Å². The molecule has 3 rings (SSSR count). The van der Waals surface area contributed by atoms with Crippen LogP contribution in [0.25, 0.3) is 5.76 Å². The molecule has 188 valence electrons. The Balaban J connectivity index is 2.10. The number of carbonyl (C=O) groups is 2. The van der Waals surface area contributed by atoms with Gasteiger partial charge >= 0.3 is 0 Å². The van der Waals surface area contributed by atoms with Gasteiger partial charge in [0.1, 0.15) is 11.5 Å². The minimum atomic E-state index is -0.649. The van der Waals surface area contributed by atoms with Crippen LogP contribution >= 0.6 is 0 Å². The lowest BCUT2D eigenvalue weighted by atomic mass is 9.85. The molecule has 35 heavy (non-hydrogen) atoms. The second-order valence-electron chi connectivity index (χ2n) is 10.4. The Morgan fingerprint density at radius 1 is 1.09 bits per heavy atom. The summed E-state index contributed by atoms with van der Waals surface area (Å²) < 4.78 is 5.61. The van der Waals surface area contributed by atoms with Crippen molar-refractivity contribution in [2.45, 2.75) is 52.5 Å². The predicted molar refractivity (Wildman–Crippen MR) is 140 cm³/mol. The molecule has 1 aliphatic heterocycles. The number of ether oxygens (including phenoxy) is 1. The van der Waals surface area contributed by atoms with Gasteiger partial charge in [-0.3, -0.25) is 9.59 Å². The molecule has 1 saturated heterocycles. The van der Waals surface area contributed by atoms with Crippen molar-refractivity contribution in [2.75, 3.05) is 33.8 Å². The van der Waals surface area contributed by atoms with E-state index < -0.39 is 17.7 Å². The second-order valence-corrected chi connectivity index (χ2v) is 10.4. The number of aliphatic hydroxyl groups excluding tert-OH is 1. The number of hydrogen-bond acceptors (Lipinski definition) is 5. The number of nitrogens with zero attached hydrogens (tertiary/aromatic N) is 2. The lowest BCUT2D eigenvalue weighted by molar-refractivity contribution is -0.139. The number of aliphatic hydroxyl groups is 1. The van der Waals surface area contributed by atoms with Gasteiger partial charge < -0.3 is 19.6 Å². The van der Waals surface area contributed by atoms with Crippen LogP contribution < -0.4 is 4.74 Å². The van der Waals surface area contributed by atoms with Gasteiger partial charge in [0, 0.05) is 12.1 Å². The molecule has 1 N–H and O–H groups in total. The largest absolute Gasteiger partial charge is 0.507 e. The molecular formula is C29H38N2O4. The maximum atomic E-state index is 13.2. The highest BCUT2D eigenvalue weighted by Crippen LogP contribution is 2.40. The highest BCUT2D eigenvalue weighted by atomic mass is 16.5. The first kappa shape index (κ1) is 26.5. The van der Waals surface area contributed by atoms with Crippen molar-refractivity contribution in [2.24, 2.45) is 0 Å². The maximum Gasteiger partial charge on any atom is 0.295 e. The van der Waals surface area contributed by atoms with Crippen LogP contribution in [-0.4, -0.2) is 60.4 Å². The van der Waals surface area contributed by atoms with Gasteiger partial charge in [-0.25, -0.2) is 0 Å². The minimum Gasteiger partial charge on any atom is -0.507 e. The fourth-order valence-corrected chi connectivity index (χ4v) is 4.45. The van der Waals surface area contributed by atoms with Crippen molar-refractivity contribution in [1.82, 2.24) is 9.80 Å². The summed E-state index contributed by atoms with van der Waals surface area (Å²) in [5, 5.41) is 11.3. The fraction of sp³-hybridized carbons (Fsp3) is 0.448. The van der Waals surface area contributed by atoms with Gasteiger partial charge in [0.2, 0.25) is 0 Å².